The zero-order valence-electron chi connectivity index (χ0n) is 19.8. The highest BCUT2D eigenvalue weighted by atomic mass is 16.7. The van der Waals surface area contributed by atoms with E-state index < -0.39 is 59.7 Å². The first-order chi connectivity index (χ1) is 17.0. The summed E-state index contributed by atoms with van der Waals surface area (Å²) in [6, 6.07) is 4.84. The van der Waals surface area contributed by atoms with Gasteiger partial charge < -0.3 is 40.7 Å². The molecule has 1 fully saturated rings. The number of hydrogen-bond donors (Lipinski definition) is 6. The van der Waals surface area contributed by atoms with Gasteiger partial charge in [-0.15, -0.1) is 0 Å². The first-order valence-electron chi connectivity index (χ1n) is 11.9. The van der Waals surface area contributed by atoms with E-state index in [9.17, 15) is 35.1 Å². The second kappa shape index (κ2) is 8.62. The van der Waals surface area contributed by atoms with Crippen molar-refractivity contribution >= 4 is 11.6 Å². The number of nitrogens with two attached hydrogens (primary N) is 1. The normalized spacial score (nSPS) is 33.6. The third kappa shape index (κ3) is 3.56. The number of aromatic hydroxyl groups is 2. The van der Waals surface area contributed by atoms with Crippen LogP contribution in [0.25, 0.3) is 0 Å². The third-order valence-corrected chi connectivity index (χ3v) is 7.71. The summed E-state index contributed by atoms with van der Waals surface area (Å²) in [4.78, 5) is 26.6. The quantitative estimate of drug-likeness (QED) is 0.308. The predicted molar refractivity (Wildman–Crippen MR) is 125 cm³/mol. The second-order valence-corrected chi connectivity index (χ2v) is 9.86. The topological polar surface area (TPSA) is 180 Å². The van der Waals surface area contributed by atoms with Crippen molar-refractivity contribution < 1.29 is 44.6 Å². The van der Waals surface area contributed by atoms with Crippen molar-refractivity contribution in [2.45, 2.75) is 75.5 Å². The highest BCUT2D eigenvalue weighted by Crippen LogP contribution is 2.52. The molecule has 0 amide bonds. The first-order valence-corrected chi connectivity index (χ1v) is 11.9. The van der Waals surface area contributed by atoms with Crippen LogP contribution in [0.3, 0.4) is 0 Å². The number of ether oxygens (including phenoxy) is 2. The molecule has 5 rings (SSSR count). The molecule has 2 aliphatic carbocycles. The van der Waals surface area contributed by atoms with Crippen LogP contribution in [0.5, 0.6) is 11.5 Å². The lowest BCUT2D eigenvalue weighted by molar-refractivity contribution is -0.252. The molecule has 1 heterocycles. The number of ketones is 2. The molecule has 4 unspecified atom stereocenters. The van der Waals surface area contributed by atoms with Gasteiger partial charge in [0.05, 0.1) is 35.0 Å². The molecule has 0 spiro atoms. The molecule has 10 heteroatoms. The summed E-state index contributed by atoms with van der Waals surface area (Å²) < 4.78 is 11.9. The minimum Gasteiger partial charge on any atom is -0.507 e. The summed E-state index contributed by atoms with van der Waals surface area (Å²) in [6.07, 6.45) is -4.71. The molecule has 3 aliphatic rings. The van der Waals surface area contributed by atoms with Crippen LogP contribution in [-0.4, -0.2) is 67.2 Å². The fraction of sp³-hybridized carbons (Fsp3) is 0.462. The smallest absolute Gasteiger partial charge is 0.198 e. The highest BCUT2D eigenvalue weighted by molar-refractivity contribution is 6.30. The van der Waals surface area contributed by atoms with Gasteiger partial charge >= 0.3 is 0 Å². The molecule has 2 aromatic rings. The Morgan fingerprint density at radius 1 is 1.14 bits per heavy atom. The standard InChI is InChI=1S/C26H29NO9/c1-3-26(34)9-16(36-17-8-14(27)21(29)10(2)35-17)12-7-13-19(24(32)20(12)25(26)33)22(30)11-5-4-6-15(28)18(11)23(13)31/h4-7,10,14,16-17,21,25,28-29,32-34H,3,8-9,27H2,1-2H3/t10?,14?,16-,17?,21?,25+,26+/m0/s1. The van der Waals surface area contributed by atoms with Crippen LogP contribution in [-0.2, 0) is 9.47 Å². The number of rotatable bonds is 3. The zero-order chi connectivity index (χ0) is 26.1. The molecule has 0 bridgehead atoms. The van der Waals surface area contributed by atoms with Gasteiger partial charge in [-0.2, -0.15) is 0 Å². The van der Waals surface area contributed by atoms with Crippen LogP contribution in [0.4, 0.5) is 0 Å². The Morgan fingerprint density at radius 3 is 2.50 bits per heavy atom. The van der Waals surface area contributed by atoms with Gasteiger partial charge in [-0.25, -0.2) is 0 Å². The molecule has 0 aromatic heterocycles. The fourth-order valence-electron chi connectivity index (χ4n) is 5.53. The number of carbonyl (C=O) groups is 2. The van der Waals surface area contributed by atoms with E-state index in [1.54, 1.807) is 13.8 Å². The maximum Gasteiger partial charge on any atom is 0.198 e. The van der Waals surface area contributed by atoms with E-state index in [-0.39, 0.29) is 58.4 Å². The summed E-state index contributed by atoms with van der Waals surface area (Å²) in [7, 11) is 0. The van der Waals surface area contributed by atoms with E-state index in [1.165, 1.54) is 24.3 Å². The number of aliphatic hydroxyl groups is 3. The number of hydrogen-bond acceptors (Lipinski definition) is 10. The highest BCUT2D eigenvalue weighted by Gasteiger charge is 2.49. The lowest BCUT2D eigenvalue weighted by Crippen LogP contribution is -2.52. The van der Waals surface area contributed by atoms with Crippen molar-refractivity contribution in [3.63, 3.8) is 0 Å². The Hall–Kier alpha value is -2.86. The Kier molecular flexibility index (Phi) is 5.94. The second-order valence-electron chi connectivity index (χ2n) is 9.86. The number of fused-ring (bicyclic) bond motifs is 3. The van der Waals surface area contributed by atoms with Crippen LogP contribution in [0.1, 0.15) is 88.3 Å². The van der Waals surface area contributed by atoms with Crippen LogP contribution in [0, 0.1) is 0 Å². The van der Waals surface area contributed by atoms with Gasteiger partial charge in [0, 0.05) is 35.6 Å². The van der Waals surface area contributed by atoms with Crippen LogP contribution in [0.2, 0.25) is 0 Å². The maximum absolute atomic E-state index is 13.4. The molecule has 192 valence electrons. The van der Waals surface area contributed by atoms with Gasteiger partial charge in [-0.05, 0) is 31.0 Å². The van der Waals surface area contributed by atoms with Gasteiger partial charge in [0.15, 0.2) is 17.9 Å². The molecule has 1 saturated heterocycles. The monoisotopic (exact) mass is 499 g/mol. The molecular weight excluding hydrogens is 470 g/mol. The number of carbonyl (C=O) groups excluding carboxylic acids is 2. The summed E-state index contributed by atoms with van der Waals surface area (Å²) in [6.45, 7) is 3.32. The number of phenolic OH excluding ortho intramolecular Hbond substituents is 2. The molecule has 1 aliphatic heterocycles. The van der Waals surface area contributed by atoms with Gasteiger partial charge in [-0.1, -0.05) is 19.1 Å². The summed E-state index contributed by atoms with van der Waals surface area (Å²) in [5.74, 6) is -2.32. The Bertz CT molecular complexity index is 1250. The predicted octanol–water partition coefficient (Wildman–Crippen LogP) is 1.33. The SMILES string of the molecule is CC[C@@]1(O)C[C@H](OC2CC(N)C(O)C(C)O2)c2cc3c(c(O)c2[C@H]1O)C(=O)c1cccc(O)c1C3=O. The third-order valence-electron chi connectivity index (χ3n) is 7.71. The Labute approximate surface area is 206 Å². The van der Waals surface area contributed by atoms with E-state index in [4.69, 9.17) is 15.2 Å². The van der Waals surface area contributed by atoms with E-state index in [0.717, 1.165) is 0 Å². The van der Waals surface area contributed by atoms with E-state index >= 15 is 0 Å². The van der Waals surface area contributed by atoms with Gasteiger partial charge in [0.2, 0.25) is 0 Å². The lowest BCUT2D eigenvalue weighted by Gasteiger charge is -2.44. The van der Waals surface area contributed by atoms with E-state index in [1.807, 2.05) is 0 Å². The Balaban J connectivity index is 1.64. The molecule has 36 heavy (non-hydrogen) atoms. The van der Waals surface area contributed by atoms with Crippen LogP contribution >= 0.6 is 0 Å². The van der Waals surface area contributed by atoms with Crippen LogP contribution in [0.15, 0.2) is 24.3 Å². The molecule has 10 nitrogen and oxygen atoms in total. The number of phenols is 2. The van der Waals surface area contributed by atoms with Gasteiger partial charge in [0.1, 0.15) is 17.6 Å². The molecular formula is C26H29NO9. The summed E-state index contributed by atoms with van der Waals surface area (Å²) >= 11 is 0. The minimum atomic E-state index is -1.71. The van der Waals surface area contributed by atoms with E-state index in [2.05, 4.69) is 0 Å². The number of aliphatic hydroxyl groups excluding tert-OH is 2. The first kappa shape index (κ1) is 24.8. The fourth-order valence-corrected chi connectivity index (χ4v) is 5.53. The van der Waals surface area contributed by atoms with Crippen molar-refractivity contribution in [2.75, 3.05) is 0 Å². The van der Waals surface area contributed by atoms with Crippen molar-refractivity contribution in [1.29, 1.82) is 0 Å². The average molecular weight is 500 g/mol. The maximum atomic E-state index is 13.4. The van der Waals surface area contributed by atoms with Crippen molar-refractivity contribution in [3.8, 4) is 11.5 Å². The summed E-state index contributed by atoms with van der Waals surface area (Å²) in [5.41, 5.74) is 3.75. The van der Waals surface area contributed by atoms with Crippen LogP contribution < -0.4 is 5.73 Å². The largest absolute Gasteiger partial charge is 0.507 e. The minimum absolute atomic E-state index is 0.0660. The number of benzene rings is 2. The van der Waals surface area contributed by atoms with Gasteiger partial charge in [0.25, 0.3) is 0 Å². The van der Waals surface area contributed by atoms with Gasteiger partial charge in [-0.3, -0.25) is 9.59 Å². The zero-order valence-corrected chi connectivity index (χ0v) is 19.8. The van der Waals surface area contributed by atoms with E-state index in [0.29, 0.717) is 0 Å². The van der Waals surface area contributed by atoms with Crippen molar-refractivity contribution in [2.24, 2.45) is 5.73 Å². The molecule has 0 saturated carbocycles. The molecule has 0 radical (unpaired) electrons. The molecule has 7 N–H and O–H groups in total. The average Bonchev–Trinajstić information content (AvgIpc) is 2.83. The Morgan fingerprint density at radius 2 is 1.83 bits per heavy atom. The molecule has 7 atom stereocenters. The van der Waals surface area contributed by atoms with Crippen molar-refractivity contribution in [1.82, 2.24) is 0 Å². The summed E-state index contributed by atoms with van der Waals surface area (Å²) in [5, 5.41) is 54.0. The molecule has 2 aromatic carbocycles. The lowest BCUT2D eigenvalue weighted by atomic mass is 9.71. The van der Waals surface area contributed by atoms with Crippen molar-refractivity contribution in [3.05, 3.63) is 57.6 Å².